The summed E-state index contributed by atoms with van der Waals surface area (Å²) in [6, 6.07) is 6.11. The van der Waals surface area contributed by atoms with Crippen LogP contribution >= 0.6 is 0 Å². The Bertz CT molecular complexity index is 535. The molecular weight excluding hydrogens is 254 g/mol. The third-order valence-corrected chi connectivity index (χ3v) is 3.93. The first-order valence-electron chi connectivity index (χ1n) is 7.08. The van der Waals surface area contributed by atoms with E-state index in [0.29, 0.717) is 0 Å². The molecule has 0 radical (unpaired) electrons. The summed E-state index contributed by atoms with van der Waals surface area (Å²) < 4.78 is 0. The van der Waals surface area contributed by atoms with Gasteiger partial charge >= 0.3 is 5.97 Å². The Labute approximate surface area is 119 Å². The summed E-state index contributed by atoms with van der Waals surface area (Å²) in [5.41, 5.74) is 2.72. The van der Waals surface area contributed by atoms with Crippen molar-refractivity contribution in [3.8, 4) is 0 Å². The van der Waals surface area contributed by atoms with Gasteiger partial charge in [-0.25, -0.2) is 0 Å². The number of amides is 1. The monoisotopic (exact) mass is 275 g/mol. The van der Waals surface area contributed by atoms with Crippen LogP contribution in [0.2, 0.25) is 0 Å². The number of aryl methyl sites for hydroxylation is 1. The third-order valence-electron chi connectivity index (χ3n) is 3.93. The van der Waals surface area contributed by atoms with E-state index >= 15 is 0 Å². The summed E-state index contributed by atoms with van der Waals surface area (Å²) in [4.78, 5) is 22.3. The Morgan fingerprint density at radius 1 is 1.25 bits per heavy atom. The van der Waals surface area contributed by atoms with E-state index in [1.165, 1.54) is 5.56 Å². The van der Waals surface area contributed by atoms with Gasteiger partial charge in [0.05, 0.1) is 5.41 Å². The van der Waals surface area contributed by atoms with Crippen molar-refractivity contribution in [1.29, 1.82) is 0 Å². The zero-order valence-electron chi connectivity index (χ0n) is 12.0. The van der Waals surface area contributed by atoms with E-state index in [4.69, 9.17) is 5.11 Å². The van der Waals surface area contributed by atoms with Crippen molar-refractivity contribution >= 4 is 17.6 Å². The molecule has 1 aliphatic heterocycles. The normalized spacial score (nSPS) is 15.8. The lowest BCUT2D eigenvalue weighted by atomic mass is 9.85. The maximum absolute atomic E-state index is 11.9. The molecule has 2 N–H and O–H groups in total. The van der Waals surface area contributed by atoms with Crippen LogP contribution in [0.1, 0.15) is 50.7 Å². The van der Waals surface area contributed by atoms with E-state index in [9.17, 15) is 9.59 Å². The first-order chi connectivity index (χ1) is 9.41. The number of rotatable bonds is 6. The van der Waals surface area contributed by atoms with Crippen molar-refractivity contribution in [2.75, 3.05) is 5.32 Å². The minimum Gasteiger partial charge on any atom is -0.481 e. The van der Waals surface area contributed by atoms with Crippen LogP contribution in [0.25, 0.3) is 0 Å². The quantitative estimate of drug-likeness (QED) is 0.784. The van der Waals surface area contributed by atoms with Gasteiger partial charge in [0.2, 0.25) is 5.91 Å². The molecule has 4 heteroatoms. The number of fused-ring (bicyclic) bond motifs is 1. The fraction of sp³-hybridized carbons (Fsp3) is 0.500. The maximum Gasteiger partial charge on any atom is 0.303 e. The molecule has 0 saturated heterocycles. The van der Waals surface area contributed by atoms with Gasteiger partial charge in [-0.1, -0.05) is 18.6 Å². The van der Waals surface area contributed by atoms with Crippen molar-refractivity contribution in [2.24, 2.45) is 0 Å². The molecule has 0 unspecified atom stereocenters. The number of carbonyl (C=O) groups excluding carboxylic acids is 1. The topological polar surface area (TPSA) is 66.4 Å². The minimum atomic E-state index is -0.728. The molecule has 0 saturated carbocycles. The van der Waals surface area contributed by atoms with Crippen LogP contribution in [-0.2, 0) is 21.4 Å². The van der Waals surface area contributed by atoms with Crippen molar-refractivity contribution in [3.63, 3.8) is 0 Å². The molecule has 1 aromatic rings. The number of unbranched alkanes of at least 4 members (excludes halogenated alkanes) is 2. The molecule has 0 aromatic heterocycles. The highest BCUT2D eigenvalue weighted by molar-refractivity contribution is 6.05. The number of carboxylic acid groups (broad SMARTS) is 1. The molecule has 108 valence electrons. The highest BCUT2D eigenvalue weighted by atomic mass is 16.4. The molecule has 0 spiro atoms. The smallest absolute Gasteiger partial charge is 0.303 e. The SMILES string of the molecule is CC1(C)C(=O)Nc2ccc(CCCCCC(=O)O)cc21. The van der Waals surface area contributed by atoms with Gasteiger partial charge in [-0.2, -0.15) is 0 Å². The standard InChI is InChI=1S/C16H21NO3/c1-16(2)12-10-11(6-4-3-5-7-14(18)19)8-9-13(12)17-15(16)20/h8-10H,3-7H2,1-2H3,(H,17,20)(H,18,19). The van der Waals surface area contributed by atoms with Gasteiger partial charge in [-0.05, 0) is 50.3 Å². The summed E-state index contributed by atoms with van der Waals surface area (Å²) >= 11 is 0. The van der Waals surface area contributed by atoms with Crippen molar-refractivity contribution in [3.05, 3.63) is 29.3 Å². The van der Waals surface area contributed by atoms with E-state index in [1.807, 2.05) is 26.0 Å². The van der Waals surface area contributed by atoms with Gasteiger partial charge in [0.15, 0.2) is 0 Å². The summed E-state index contributed by atoms with van der Waals surface area (Å²) in [6.07, 6.45) is 3.80. The Balaban J connectivity index is 1.94. The van der Waals surface area contributed by atoms with Crippen molar-refractivity contribution in [2.45, 2.75) is 51.4 Å². The van der Waals surface area contributed by atoms with Gasteiger partial charge in [-0.15, -0.1) is 0 Å². The molecule has 1 heterocycles. The van der Waals surface area contributed by atoms with Crippen LogP contribution in [0.5, 0.6) is 0 Å². The molecule has 4 nitrogen and oxygen atoms in total. The van der Waals surface area contributed by atoms with E-state index in [1.54, 1.807) is 0 Å². The zero-order chi connectivity index (χ0) is 14.8. The number of carbonyl (C=O) groups is 2. The van der Waals surface area contributed by atoms with Gasteiger partial charge in [0.1, 0.15) is 0 Å². The second-order valence-corrected chi connectivity index (χ2v) is 5.91. The fourth-order valence-electron chi connectivity index (χ4n) is 2.56. The predicted molar refractivity (Wildman–Crippen MR) is 77.9 cm³/mol. The van der Waals surface area contributed by atoms with E-state index in [-0.39, 0.29) is 12.3 Å². The average molecular weight is 275 g/mol. The van der Waals surface area contributed by atoms with Crippen LogP contribution in [0.3, 0.4) is 0 Å². The highest BCUT2D eigenvalue weighted by Crippen LogP contribution is 2.37. The maximum atomic E-state index is 11.9. The molecule has 1 amide bonds. The molecule has 20 heavy (non-hydrogen) atoms. The summed E-state index contributed by atoms with van der Waals surface area (Å²) in [7, 11) is 0. The van der Waals surface area contributed by atoms with Gasteiger partial charge in [-0.3, -0.25) is 9.59 Å². The average Bonchev–Trinajstić information content (AvgIpc) is 2.60. The Morgan fingerprint density at radius 3 is 2.70 bits per heavy atom. The van der Waals surface area contributed by atoms with Gasteiger partial charge < -0.3 is 10.4 Å². The highest BCUT2D eigenvalue weighted by Gasteiger charge is 2.38. The summed E-state index contributed by atoms with van der Waals surface area (Å²) in [5.74, 6) is -0.681. The second-order valence-electron chi connectivity index (χ2n) is 5.91. The zero-order valence-corrected chi connectivity index (χ0v) is 12.0. The minimum absolute atomic E-state index is 0.0473. The number of aliphatic carboxylic acids is 1. The molecule has 2 rings (SSSR count). The molecule has 1 aromatic carbocycles. The van der Waals surface area contributed by atoms with Crippen molar-refractivity contribution in [1.82, 2.24) is 0 Å². The Hall–Kier alpha value is -1.84. The second kappa shape index (κ2) is 5.65. The van der Waals surface area contributed by atoms with Crippen LogP contribution in [0, 0.1) is 0 Å². The van der Waals surface area contributed by atoms with E-state index in [0.717, 1.165) is 36.9 Å². The molecule has 1 aliphatic rings. The number of nitrogens with one attached hydrogen (secondary N) is 1. The van der Waals surface area contributed by atoms with E-state index in [2.05, 4.69) is 11.4 Å². The van der Waals surface area contributed by atoms with E-state index < -0.39 is 11.4 Å². The largest absolute Gasteiger partial charge is 0.481 e. The number of hydrogen-bond donors (Lipinski definition) is 2. The number of benzene rings is 1. The lowest BCUT2D eigenvalue weighted by molar-refractivity contribution is -0.137. The fourth-order valence-corrected chi connectivity index (χ4v) is 2.56. The molecule has 0 atom stereocenters. The summed E-state index contributed by atoms with van der Waals surface area (Å²) in [5, 5.41) is 11.5. The van der Waals surface area contributed by atoms with Crippen molar-refractivity contribution < 1.29 is 14.7 Å². The third kappa shape index (κ3) is 3.00. The number of carboxylic acids is 1. The molecular formula is C16H21NO3. The van der Waals surface area contributed by atoms with Crippen LogP contribution < -0.4 is 5.32 Å². The van der Waals surface area contributed by atoms with Crippen LogP contribution in [-0.4, -0.2) is 17.0 Å². The number of anilines is 1. The molecule has 0 fully saturated rings. The predicted octanol–water partition coefficient (Wildman–Crippen LogP) is 3.10. The number of hydrogen-bond acceptors (Lipinski definition) is 2. The molecule has 0 aliphatic carbocycles. The summed E-state index contributed by atoms with van der Waals surface area (Å²) in [6.45, 7) is 3.87. The first kappa shape index (κ1) is 14.6. The lowest BCUT2D eigenvalue weighted by Crippen LogP contribution is -2.26. The lowest BCUT2D eigenvalue weighted by Gasteiger charge is -2.15. The Kier molecular flexibility index (Phi) is 4.12. The van der Waals surface area contributed by atoms with Gasteiger partial charge in [0, 0.05) is 12.1 Å². The van der Waals surface area contributed by atoms with Crippen LogP contribution in [0.4, 0.5) is 5.69 Å². The van der Waals surface area contributed by atoms with Gasteiger partial charge in [0.25, 0.3) is 0 Å². The Morgan fingerprint density at radius 2 is 2.00 bits per heavy atom. The van der Waals surface area contributed by atoms with Crippen LogP contribution in [0.15, 0.2) is 18.2 Å². The first-order valence-corrected chi connectivity index (χ1v) is 7.08. The molecule has 0 bridgehead atoms.